The predicted octanol–water partition coefficient (Wildman–Crippen LogP) is 3.64. The first-order chi connectivity index (χ1) is 8.11. The van der Waals surface area contributed by atoms with Gasteiger partial charge in [0, 0.05) is 5.02 Å². The number of ether oxygens (including phenoxy) is 1. The summed E-state index contributed by atoms with van der Waals surface area (Å²) in [6, 6.07) is 7.95. The molecule has 0 radical (unpaired) electrons. The van der Waals surface area contributed by atoms with Gasteiger partial charge in [-0.05, 0) is 42.4 Å². The molecule has 3 unspecified atom stereocenters. The van der Waals surface area contributed by atoms with Crippen LogP contribution in [0.1, 0.15) is 31.2 Å². The minimum atomic E-state index is -0.0571. The van der Waals surface area contributed by atoms with Gasteiger partial charge >= 0.3 is 5.97 Å². The Morgan fingerprint density at radius 3 is 2.71 bits per heavy atom. The van der Waals surface area contributed by atoms with E-state index in [1.165, 1.54) is 12.7 Å². The molecule has 0 bridgehead atoms. The molecule has 1 saturated carbocycles. The van der Waals surface area contributed by atoms with Gasteiger partial charge in [0.25, 0.3) is 0 Å². The van der Waals surface area contributed by atoms with Crippen LogP contribution in [0.25, 0.3) is 0 Å². The summed E-state index contributed by atoms with van der Waals surface area (Å²) in [5, 5.41) is 0.764. The molecule has 1 aliphatic carbocycles. The number of hydrogen-bond donors (Lipinski definition) is 0. The monoisotopic (exact) mass is 252 g/mol. The smallest absolute Gasteiger partial charge is 0.308 e. The zero-order chi connectivity index (χ0) is 12.4. The lowest BCUT2D eigenvalue weighted by atomic mass is 9.95. The molecule has 1 aromatic rings. The van der Waals surface area contributed by atoms with Gasteiger partial charge in [0.15, 0.2) is 0 Å². The van der Waals surface area contributed by atoms with Crippen LogP contribution in [0.5, 0.6) is 0 Å². The van der Waals surface area contributed by atoms with Gasteiger partial charge in [-0.1, -0.05) is 30.7 Å². The fraction of sp³-hybridized carbons (Fsp3) is 0.500. The summed E-state index contributed by atoms with van der Waals surface area (Å²) in [5.41, 5.74) is 1.28. The van der Waals surface area contributed by atoms with Gasteiger partial charge in [0.05, 0.1) is 13.0 Å². The number of carbonyl (C=O) groups excluding carboxylic acids is 1. The molecule has 0 heterocycles. The minimum Gasteiger partial charge on any atom is -0.469 e. The first-order valence-corrected chi connectivity index (χ1v) is 6.33. The van der Waals surface area contributed by atoms with E-state index in [9.17, 15) is 4.79 Å². The lowest BCUT2D eigenvalue weighted by Gasteiger charge is -2.11. The molecule has 0 aromatic heterocycles. The van der Waals surface area contributed by atoms with Crippen molar-refractivity contribution < 1.29 is 9.53 Å². The summed E-state index contributed by atoms with van der Waals surface area (Å²) in [5.74, 6) is 1.04. The Morgan fingerprint density at radius 2 is 2.12 bits per heavy atom. The van der Waals surface area contributed by atoms with Crippen molar-refractivity contribution in [1.82, 2.24) is 0 Å². The molecule has 2 rings (SSSR count). The van der Waals surface area contributed by atoms with Gasteiger partial charge < -0.3 is 4.74 Å². The van der Waals surface area contributed by atoms with Gasteiger partial charge in [-0.25, -0.2) is 0 Å². The highest BCUT2D eigenvalue weighted by Crippen LogP contribution is 2.45. The maximum absolute atomic E-state index is 11.3. The lowest BCUT2D eigenvalue weighted by molar-refractivity contribution is -0.142. The number of benzene rings is 1. The highest BCUT2D eigenvalue weighted by molar-refractivity contribution is 6.30. The maximum Gasteiger partial charge on any atom is 0.308 e. The molecule has 0 aliphatic heterocycles. The van der Waals surface area contributed by atoms with Gasteiger partial charge in [0.1, 0.15) is 0 Å². The Bertz CT molecular complexity index is 399. The molecule has 0 amide bonds. The number of esters is 1. The Balaban J connectivity index is 1.88. The van der Waals surface area contributed by atoms with Gasteiger partial charge in [0.2, 0.25) is 0 Å². The highest BCUT2D eigenvalue weighted by atomic mass is 35.5. The Morgan fingerprint density at radius 1 is 1.47 bits per heavy atom. The van der Waals surface area contributed by atoms with Crippen LogP contribution in [-0.4, -0.2) is 13.1 Å². The van der Waals surface area contributed by atoms with Crippen LogP contribution >= 0.6 is 11.6 Å². The molecule has 0 N–H and O–H groups in total. The van der Waals surface area contributed by atoms with Crippen molar-refractivity contribution >= 4 is 17.6 Å². The quantitative estimate of drug-likeness (QED) is 0.765. The van der Waals surface area contributed by atoms with Crippen molar-refractivity contribution in [1.29, 1.82) is 0 Å². The number of methoxy groups -OCH3 is 1. The summed E-state index contributed by atoms with van der Waals surface area (Å²) >= 11 is 5.86. The van der Waals surface area contributed by atoms with Crippen molar-refractivity contribution in [3.63, 3.8) is 0 Å². The SMILES string of the molecule is COC(=O)C1CC1CC(C)c1ccc(Cl)cc1. The molecule has 1 aliphatic rings. The normalized spacial score (nSPS) is 24.2. The van der Waals surface area contributed by atoms with Crippen LogP contribution in [0.3, 0.4) is 0 Å². The molecular weight excluding hydrogens is 236 g/mol. The van der Waals surface area contributed by atoms with Crippen molar-refractivity contribution in [2.45, 2.75) is 25.7 Å². The Labute approximate surface area is 107 Å². The first-order valence-electron chi connectivity index (χ1n) is 5.95. The van der Waals surface area contributed by atoms with Crippen molar-refractivity contribution in [2.24, 2.45) is 11.8 Å². The van der Waals surface area contributed by atoms with Crippen LogP contribution in [-0.2, 0) is 9.53 Å². The van der Waals surface area contributed by atoms with E-state index in [4.69, 9.17) is 16.3 Å². The van der Waals surface area contributed by atoms with Crippen molar-refractivity contribution in [3.8, 4) is 0 Å². The third-order valence-electron chi connectivity index (χ3n) is 3.52. The molecule has 17 heavy (non-hydrogen) atoms. The van der Waals surface area contributed by atoms with E-state index in [0.717, 1.165) is 17.9 Å². The van der Waals surface area contributed by atoms with E-state index in [1.54, 1.807) is 0 Å². The van der Waals surface area contributed by atoms with Crippen molar-refractivity contribution in [2.75, 3.05) is 7.11 Å². The zero-order valence-corrected chi connectivity index (χ0v) is 10.9. The fourth-order valence-electron chi connectivity index (χ4n) is 2.33. The van der Waals surface area contributed by atoms with E-state index in [2.05, 4.69) is 19.1 Å². The molecule has 92 valence electrons. The Kier molecular flexibility index (Phi) is 3.72. The van der Waals surface area contributed by atoms with E-state index < -0.39 is 0 Å². The van der Waals surface area contributed by atoms with Gasteiger partial charge in [-0.15, -0.1) is 0 Å². The Hall–Kier alpha value is -1.02. The lowest BCUT2D eigenvalue weighted by Crippen LogP contribution is -2.05. The van der Waals surface area contributed by atoms with Gasteiger partial charge in [-0.3, -0.25) is 4.79 Å². The van der Waals surface area contributed by atoms with E-state index in [1.807, 2.05) is 12.1 Å². The third-order valence-corrected chi connectivity index (χ3v) is 3.77. The molecule has 0 spiro atoms. The molecule has 0 saturated heterocycles. The molecular formula is C14H17ClO2. The average molecular weight is 253 g/mol. The molecule has 3 atom stereocenters. The summed E-state index contributed by atoms with van der Waals surface area (Å²) in [4.78, 5) is 11.3. The largest absolute Gasteiger partial charge is 0.469 e. The molecule has 3 heteroatoms. The average Bonchev–Trinajstić information content (AvgIpc) is 3.08. The number of hydrogen-bond acceptors (Lipinski definition) is 2. The highest BCUT2D eigenvalue weighted by Gasteiger charge is 2.44. The predicted molar refractivity (Wildman–Crippen MR) is 68.1 cm³/mol. The topological polar surface area (TPSA) is 26.3 Å². The van der Waals surface area contributed by atoms with Crippen LogP contribution in [0.4, 0.5) is 0 Å². The van der Waals surface area contributed by atoms with Crippen LogP contribution in [0.2, 0.25) is 5.02 Å². The third kappa shape index (κ3) is 3.01. The van der Waals surface area contributed by atoms with Crippen LogP contribution in [0.15, 0.2) is 24.3 Å². The molecule has 1 aromatic carbocycles. The molecule has 2 nitrogen and oxygen atoms in total. The molecule has 1 fully saturated rings. The second-order valence-electron chi connectivity index (χ2n) is 4.81. The second kappa shape index (κ2) is 5.09. The number of carbonyl (C=O) groups is 1. The van der Waals surface area contributed by atoms with Crippen molar-refractivity contribution in [3.05, 3.63) is 34.9 Å². The summed E-state index contributed by atoms with van der Waals surface area (Å²) < 4.78 is 4.75. The minimum absolute atomic E-state index is 0.0571. The van der Waals surface area contributed by atoms with Crippen LogP contribution < -0.4 is 0 Å². The van der Waals surface area contributed by atoms with E-state index in [-0.39, 0.29) is 11.9 Å². The number of halogens is 1. The standard InChI is InChI=1S/C14H17ClO2/c1-9(10-3-5-12(15)6-4-10)7-11-8-13(11)14(16)17-2/h3-6,9,11,13H,7-8H2,1-2H3. The van der Waals surface area contributed by atoms with E-state index >= 15 is 0 Å². The number of rotatable bonds is 4. The zero-order valence-electron chi connectivity index (χ0n) is 10.2. The summed E-state index contributed by atoms with van der Waals surface area (Å²) in [7, 11) is 1.46. The maximum atomic E-state index is 11.3. The van der Waals surface area contributed by atoms with E-state index in [0.29, 0.717) is 11.8 Å². The second-order valence-corrected chi connectivity index (χ2v) is 5.25. The summed E-state index contributed by atoms with van der Waals surface area (Å²) in [6.07, 6.45) is 2.02. The fourth-order valence-corrected chi connectivity index (χ4v) is 2.46. The summed E-state index contributed by atoms with van der Waals surface area (Å²) in [6.45, 7) is 2.19. The van der Waals surface area contributed by atoms with Crippen LogP contribution in [0, 0.1) is 11.8 Å². The first kappa shape index (κ1) is 12.4. The van der Waals surface area contributed by atoms with Gasteiger partial charge in [-0.2, -0.15) is 0 Å².